The third kappa shape index (κ3) is 4.34. The van der Waals surface area contributed by atoms with Crippen LogP contribution in [0.4, 0.5) is 5.69 Å². The second kappa shape index (κ2) is 8.61. The number of aryl methyl sites for hydroxylation is 2. The lowest BCUT2D eigenvalue weighted by molar-refractivity contribution is -0.116. The number of hydrogen-bond donors (Lipinski definition) is 2. The minimum atomic E-state index is -0.209. The molecule has 2 N–H and O–H groups in total. The lowest BCUT2D eigenvalue weighted by Gasteiger charge is -2.10. The lowest BCUT2D eigenvalue weighted by atomic mass is 10.1. The maximum absolute atomic E-state index is 12.4. The maximum atomic E-state index is 12.4. The zero-order valence-electron chi connectivity index (χ0n) is 16.3. The number of fused-ring (bicyclic) bond motifs is 1. The molecule has 0 atom stereocenters. The summed E-state index contributed by atoms with van der Waals surface area (Å²) in [5, 5.41) is 3.69. The number of nitrogens with one attached hydrogen (secondary N) is 2. The fraction of sp³-hybridized carbons (Fsp3) is 0.273. The predicted molar refractivity (Wildman–Crippen MR) is 110 cm³/mol. The topological polar surface area (TPSA) is 80.4 Å². The third-order valence-corrected chi connectivity index (χ3v) is 4.69. The number of carbonyl (C=O) groups excluding carboxylic acids is 1. The van der Waals surface area contributed by atoms with Gasteiger partial charge >= 0.3 is 0 Å². The average molecular weight is 380 g/mol. The van der Waals surface area contributed by atoms with Crippen LogP contribution in [0.2, 0.25) is 0 Å². The second-order valence-electron chi connectivity index (χ2n) is 6.52. The van der Waals surface area contributed by atoms with E-state index in [0.29, 0.717) is 29.0 Å². The number of benzene rings is 2. The molecular formula is C22H24N2O4. The van der Waals surface area contributed by atoms with E-state index >= 15 is 0 Å². The van der Waals surface area contributed by atoms with Gasteiger partial charge in [-0.1, -0.05) is 19.1 Å². The monoisotopic (exact) mass is 380 g/mol. The van der Waals surface area contributed by atoms with Crippen molar-refractivity contribution < 1.29 is 14.3 Å². The van der Waals surface area contributed by atoms with Gasteiger partial charge in [-0.25, -0.2) is 0 Å². The molecule has 6 nitrogen and oxygen atoms in total. The smallest absolute Gasteiger partial charge is 0.251 e. The summed E-state index contributed by atoms with van der Waals surface area (Å²) in [6, 6.07) is 13.1. The van der Waals surface area contributed by atoms with Crippen LogP contribution in [0.15, 0.2) is 47.3 Å². The molecule has 0 spiro atoms. The summed E-state index contributed by atoms with van der Waals surface area (Å²) in [5.41, 5.74) is 2.97. The average Bonchev–Trinajstić information content (AvgIpc) is 2.71. The highest BCUT2D eigenvalue weighted by molar-refractivity contribution is 5.91. The van der Waals surface area contributed by atoms with Gasteiger partial charge in [-0.15, -0.1) is 0 Å². The Balaban J connectivity index is 1.73. The number of hydrogen-bond acceptors (Lipinski definition) is 4. The number of ether oxygens (including phenoxy) is 2. The van der Waals surface area contributed by atoms with Crippen LogP contribution in [-0.4, -0.2) is 25.1 Å². The first-order chi connectivity index (χ1) is 13.5. The van der Waals surface area contributed by atoms with E-state index in [0.717, 1.165) is 17.5 Å². The number of rotatable bonds is 7. The molecule has 0 saturated heterocycles. The molecule has 0 unspecified atom stereocenters. The quantitative estimate of drug-likeness (QED) is 0.655. The second-order valence-corrected chi connectivity index (χ2v) is 6.52. The standard InChI is InChI=1S/C22H24N2O4/c1-4-14-5-8-17(9-6-14)23-21(25)10-7-15-11-16-12-19(27-2)20(28-3)13-18(16)24-22(15)26/h5-6,8-9,11-13H,4,7,10H2,1-3H3,(H,23,25)(H,24,26). The predicted octanol–water partition coefficient (Wildman–Crippen LogP) is 3.68. The van der Waals surface area contributed by atoms with Crippen LogP contribution in [0.1, 0.15) is 24.5 Å². The number of amides is 1. The molecule has 3 aromatic rings. The van der Waals surface area contributed by atoms with E-state index in [2.05, 4.69) is 17.2 Å². The van der Waals surface area contributed by atoms with Gasteiger partial charge in [0.15, 0.2) is 11.5 Å². The van der Waals surface area contributed by atoms with Gasteiger partial charge in [-0.3, -0.25) is 9.59 Å². The van der Waals surface area contributed by atoms with Crippen molar-refractivity contribution >= 4 is 22.5 Å². The summed E-state index contributed by atoms with van der Waals surface area (Å²) in [7, 11) is 3.11. The molecule has 1 heterocycles. The molecule has 1 aromatic heterocycles. The van der Waals surface area contributed by atoms with Crippen LogP contribution >= 0.6 is 0 Å². The summed E-state index contributed by atoms with van der Waals surface area (Å²) in [4.78, 5) is 27.5. The molecule has 2 aromatic carbocycles. The zero-order valence-corrected chi connectivity index (χ0v) is 16.3. The Hall–Kier alpha value is -3.28. The molecule has 0 aliphatic carbocycles. The van der Waals surface area contributed by atoms with Crippen molar-refractivity contribution in [1.82, 2.24) is 4.98 Å². The summed E-state index contributed by atoms with van der Waals surface area (Å²) in [6.07, 6.45) is 1.52. The van der Waals surface area contributed by atoms with Crippen LogP contribution in [0, 0.1) is 0 Å². The number of aromatic amines is 1. The Labute approximate surface area is 163 Å². The van der Waals surface area contributed by atoms with E-state index in [1.165, 1.54) is 5.56 Å². The fourth-order valence-corrected chi connectivity index (χ4v) is 3.06. The van der Waals surface area contributed by atoms with Crippen molar-refractivity contribution in [3.63, 3.8) is 0 Å². The van der Waals surface area contributed by atoms with E-state index in [4.69, 9.17) is 9.47 Å². The first-order valence-corrected chi connectivity index (χ1v) is 9.20. The molecule has 1 amide bonds. The molecule has 0 fully saturated rings. The molecule has 0 radical (unpaired) electrons. The van der Waals surface area contributed by atoms with E-state index in [1.54, 1.807) is 26.4 Å². The molecule has 0 aliphatic rings. The van der Waals surface area contributed by atoms with Gasteiger partial charge in [0.05, 0.1) is 19.7 Å². The van der Waals surface area contributed by atoms with E-state index in [-0.39, 0.29) is 17.9 Å². The van der Waals surface area contributed by atoms with Crippen molar-refractivity contribution in [2.24, 2.45) is 0 Å². The van der Waals surface area contributed by atoms with Gasteiger partial charge in [0.1, 0.15) is 0 Å². The van der Waals surface area contributed by atoms with Crippen LogP contribution in [0.5, 0.6) is 11.5 Å². The third-order valence-electron chi connectivity index (χ3n) is 4.69. The van der Waals surface area contributed by atoms with Crippen molar-refractivity contribution in [2.45, 2.75) is 26.2 Å². The van der Waals surface area contributed by atoms with Crippen LogP contribution in [0.25, 0.3) is 10.9 Å². The van der Waals surface area contributed by atoms with E-state index in [1.807, 2.05) is 30.3 Å². The van der Waals surface area contributed by atoms with Crippen molar-refractivity contribution in [2.75, 3.05) is 19.5 Å². The van der Waals surface area contributed by atoms with E-state index < -0.39 is 0 Å². The van der Waals surface area contributed by atoms with Crippen molar-refractivity contribution in [1.29, 1.82) is 0 Å². The lowest BCUT2D eigenvalue weighted by Crippen LogP contribution is -2.17. The molecule has 6 heteroatoms. The first kappa shape index (κ1) is 19.5. The summed E-state index contributed by atoms with van der Waals surface area (Å²) in [6.45, 7) is 2.08. The van der Waals surface area contributed by atoms with E-state index in [9.17, 15) is 9.59 Å². The molecular weight excluding hydrogens is 356 g/mol. The van der Waals surface area contributed by atoms with Crippen LogP contribution < -0.4 is 20.3 Å². The van der Waals surface area contributed by atoms with Gasteiger partial charge in [-0.2, -0.15) is 0 Å². The highest BCUT2D eigenvalue weighted by Crippen LogP contribution is 2.31. The number of pyridine rings is 1. The summed E-state index contributed by atoms with van der Waals surface area (Å²) < 4.78 is 10.6. The zero-order chi connectivity index (χ0) is 20.1. The highest BCUT2D eigenvalue weighted by atomic mass is 16.5. The normalized spacial score (nSPS) is 10.7. The highest BCUT2D eigenvalue weighted by Gasteiger charge is 2.11. The minimum absolute atomic E-state index is 0.129. The number of methoxy groups -OCH3 is 2. The first-order valence-electron chi connectivity index (χ1n) is 9.20. The molecule has 3 rings (SSSR count). The van der Waals surface area contributed by atoms with Crippen molar-refractivity contribution in [3.05, 3.63) is 63.9 Å². The number of carbonyl (C=O) groups is 1. The Bertz CT molecular complexity index is 1040. The largest absolute Gasteiger partial charge is 0.493 e. The SMILES string of the molecule is CCc1ccc(NC(=O)CCc2cc3cc(OC)c(OC)cc3[nH]c2=O)cc1. The van der Waals surface area contributed by atoms with Gasteiger partial charge in [0.2, 0.25) is 5.91 Å². The Morgan fingerprint density at radius 3 is 2.36 bits per heavy atom. The molecule has 0 aliphatic heterocycles. The molecule has 0 saturated carbocycles. The van der Waals surface area contributed by atoms with Crippen LogP contribution in [0.3, 0.4) is 0 Å². The summed E-state index contributed by atoms with van der Waals surface area (Å²) in [5.74, 6) is 1.00. The van der Waals surface area contributed by atoms with Gasteiger partial charge in [0, 0.05) is 29.1 Å². The fourth-order valence-electron chi connectivity index (χ4n) is 3.06. The Morgan fingerprint density at radius 1 is 1.04 bits per heavy atom. The van der Waals surface area contributed by atoms with Crippen LogP contribution in [-0.2, 0) is 17.6 Å². The van der Waals surface area contributed by atoms with Gasteiger partial charge in [-0.05, 0) is 42.7 Å². The molecule has 0 bridgehead atoms. The Kier molecular flexibility index (Phi) is 5.99. The van der Waals surface area contributed by atoms with Crippen molar-refractivity contribution in [3.8, 4) is 11.5 Å². The Morgan fingerprint density at radius 2 is 1.71 bits per heavy atom. The molecule has 28 heavy (non-hydrogen) atoms. The maximum Gasteiger partial charge on any atom is 0.251 e. The molecule has 146 valence electrons. The minimum Gasteiger partial charge on any atom is -0.493 e. The number of anilines is 1. The summed E-state index contributed by atoms with van der Waals surface area (Å²) >= 11 is 0. The number of H-pyrrole nitrogens is 1. The van der Waals surface area contributed by atoms with Gasteiger partial charge < -0.3 is 19.8 Å². The number of aromatic nitrogens is 1. The van der Waals surface area contributed by atoms with Gasteiger partial charge in [0.25, 0.3) is 5.56 Å².